The van der Waals surface area contributed by atoms with E-state index in [1.807, 2.05) is 0 Å². The standard InChI is InChI=1S/C16H25NO/c1-2-3-5-10-16(13-8-6-4-7-9-13)17-14-11-15(18)12-14/h4,6-9,14-18H,2-3,5,10-12H2,1H3. The third-order valence-corrected chi connectivity index (χ3v) is 3.85. The Balaban J connectivity index is 1.90. The molecule has 1 saturated carbocycles. The zero-order chi connectivity index (χ0) is 12.8. The van der Waals surface area contributed by atoms with E-state index in [0.717, 1.165) is 12.8 Å². The summed E-state index contributed by atoms with van der Waals surface area (Å²) in [5, 5.41) is 13.1. The van der Waals surface area contributed by atoms with Crippen molar-refractivity contribution in [2.75, 3.05) is 0 Å². The quantitative estimate of drug-likeness (QED) is 0.724. The topological polar surface area (TPSA) is 32.3 Å². The number of benzene rings is 1. The first-order valence-corrected chi connectivity index (χ1v) is 7.28. The third-order valence-electron chi connectivity index (χ3n) is 3.85. The van der Waals surface area contributed by atoms with Gasteiger partial charge >= 0.3 is 0 Å². The van der Waals surface area contributed by atoms with Gasteiger partial charge < -0.3 is 10.4 Å². The molecule has 0 amide bonds. The molecule has 0 aromatic heterocycles. The first-order chi connectivity index (χ1) is 8.79. The largest absolute Gasteiger partial charge is 0.393 e. The van der Waals surface area contributed by atoms with Crippen LogP contribution >= 0.6 is 0 Å². The molecule has 1 aromatic carbocycles. The van der Waals surface area contributed by atoms with Gasteiger partial charge in [-0.3, -0.25) is 0 Å². The van der Waals surface area contributed by atoms with E-state index in [4.69, 9.17) is 0 Å². The molecule has 0 bridgehead atoms. The van der Waals surface area contributed by atoms with Crippen LogP contribution in [-0.2, 0) is 0 Å². The highest BCUT2D eigenvalue weighted by Gasteiger charge is 2.29. The minimum atomic E-state index is -0.0745. The van der Waals surface area contributed by atoms with E-state index in [9.17, 15) is 5.11 Å². The molecule has 0 saturated heterocycles. The van der Waals surface area contributed by atoms with Crippen LogP contribution in [0.15, 0.2) is 30.3 Å². The molecule has 1 aliphatic carbocycles. The monoisotopic (exact) mass is 247 g/mol. The molecule has 1 fully saturated rings. The summed E-state index contributed by atoms with van der Waals surface area (Å²) in [7, 11) is 0. The van der Waals surface area contributed by atoms with Crippen LogP contribution in [0, 0.1) is 0 Å². The second-order valence-corrected chi connectivity index (χ2v) is 5.45. The minimum absolute atomic E-state index is 0.0745. The van der Waals surface area contributed by atoms with Crippen molar-refractivity contribution in [1.29, 1.82) is 0 Å². The molecule has 100 valence electrons. The molecule has 0 radical (unpaired) electrons. The van der Waals surface area contributed by atoms with Crippen LogP contribution in [0.4, 0.5) is 0 Å². The van der Waals surface area contributed by atoms with Gasteiger partial charge in [0.2, 0.25) is 0 Å². The second-order valence-electron chi connectivity index (χ2n) is 5.45. The number of rotatable bonds is 7. The van der Waals surface area contributed by atoms with Gasteiger partial charge in [-0.15, -0.1) is 0 Å². The Hall–Kier alpha value is -0.860. The normalized spacial score (nSPS) is 24.6. The summed E-state index contributed by atoms with van der Waals surface area (Å²) in [5.74, 6) is 0. The molecule has 2 rings (SSSR count). The van der Waals surface area contributed by atoms with E-state index in [0.29, 0.717) is 12.1 Å². The van der Waals surface area contributed by atoms with Crippen LogP contribution in [0.5, 0.6) is 0 Å². The number of hydrogen-bond donors (Lipinski definition) is 2. The molecule has 18 heavy (non-hydrogen) atoms. The van der Waals surface area contributed by atoms with Crippen molar-refractivity contribution in [3.63, 3.8) is 0 Å². The summed E-state index contributed by atoms with van der Waals surface area (Å²) in [6.45, 7) is 2.24. The van der Waals surface area contributed by atoms with Gasteiger partial charge in [-0.05, 0) is 24.8 Å². The van der Waals surface area contributed by atoms with Crippen molar-refractivity contribution in [2.45, 2.75) is 63.6 Å². The lowest BCUT2D eigenvalue weighted by atomic mass is 9.87. The van der Waals surface area contributed by atoms with Crippen molar-refractivity contribution >= 4 is 0 Å². The average Bonchev–Trinajstić information content (AvgIpc) is 2.36. The molecule has 1 aromatic rings. The molecule has 1 aliphatic rings. The van der Waals surface area contributed by atoms with E-state index in [-0.39, 0.29) is 6.10 Å². The van der Waals surface area contributed by atoms with Crippen LogP contribution in [0.3, 0.4) is 0 Å². The van der Waals surface area contributed by atoms with Crippen LogP contribution in [0.2, 0.25) is 0 Å². The summed E-state index contributed by atoms with van der Waals surface area (Å²) in [4.78, 5) is 0. The molecular weight excluding hydrogens is 222 g/mol. The first kappa shape index (κ1) is 13.6. The van der Waals surface area contributed by atoms with E-state index in [1.165, 1.54) is 31.2 Å². The van der Waals surface area contributed by atoms with E-state index >= 15 is 0 Å². The molecule has 2 nitrogen and oxygen atoms in total. The molecule has 0 aliphatic heterocycles. The maximum atomic E-state index is 9.38. The SMILES string of the molecule is CCCCCC(NC1CC(O)C1)c1ccccc1. The highest BCUT2D eigenvalue weighted by atomic mass is 16.3. The van der Waals surface area contributed by atoms with Crippen molar-refractivity contribution in [1.82, 2.24) is 5.32 Å². The minimum Gasteiger partial charge on any atom is -0.393 e. The smallest absolute Gasteiger partial charge is 0.0570 e. The Morgan fingerprint density at radius 3 is 2.56 bits per heavy atom. The van der Waals surface area contributed by atoms with Crippen molar-refractivity contribution in [2.24, 2.45) is 0 Å². The highest BCUT2D eigenvalue weighted by molar-refractivity contribution is 5.19. The maximum Gasteiger partial charge on any atom is 0.0570 e. The Morgan fingerprint density at radius 2 is 1.94 bits per heavy atom. The average molecular weight is 247 g/mol. The van der Waals surface area contributed by atoms with Gasteiger partial charge in [-0.1, -0.05) is 56.5 Å². The van der Waals surface area contributed by atoms with Crippen LogP contribution in [0.1, 0.15) is 57.1 Å². The van der Waals surface area contributed by atoms with Crippen LogP contribution in [0.25, 0.3) is 0 Å². The van der Waals surface area contributed by atoms with E-state index < -0.39 is 0 Å². The molecule has 2 heteroatoms. The second kappa shape index (κ2) is 6.91. The number of aliphatic hydroxyl groups is 1. The predicted molar refractivity (Wildman–Crippen MR) is 75.5 cm³/mol. The molecule has 0 spiro atoms. The van der Waals surface area contributed by atoms with Crippen molar-refractivity contribution in [3.8, 4) is 0 Å². The van der Waals surface area contributed by atoms with Crippen LogP contribution in [-0.4, -0.2) is 17.3 Å². The lowest BCUT2D eigenvalue weighted by molar-refractivity contribution is 0.0569. The predicted octanol–water partition coefficient (Wildman–Crippen LogP) is 3.42. The zero-order valence-corrected chi connectivity index (χ0v) is 11.3. The van der Waals surface area contributed by atoms with Gasteiger partial charge in [0.05, 0.1) is 6.10 Å². The number of nitrogens with one attached hydrogen (secondary N) is 1. The van der Waals surface area contributed by atoms with Gasteiger partial charge in [-0.2, -0.15) is 0 Å². The molecule has 0 heterocycles. The first-order valence-electron chi connectivity index (χ1n) is 7.28. The Kier molecular flexibility index (Phi) is 5.21. The molecule has 1 atom stereocenters. The van der Waals surface area contributed by atoms with Gasteiger partial charge in [0.25, 0.3) is 0 Å². The maximum absolute atomic E-state index is 9.38. The number of aliphatic hydroxyl groups excluding tert-OH is 1. The number of hydrogen-bond acceptors (Lipinski definition) is 2. The Bertz CT molecular complexity index is 332. The van der Waals surface area contributed by atoms with E-state index in [1.54, 1.807) is 0 Å². The fraction of sp³-hybridized carbons (Fsp3) is 0.625. The lowest BCUT2D eigenvalue weighted by Gasteiger charge is -2.35. The number of unbranched alkanes of at least 4 members (excludes halogenated alkanes) is 2. The lowest BCUT2D eigenvalue weighted by Crippen LogP contribution is -2.45. The van der Waals surface area contributed by atoms with Gasteiger partial charge in [0.1, 0.15) is 0 Å². The summed E-state index contributed by atoms with van der Waals surface area (Å²) < 4.78 is 0. The Labute approximate surface area is 110 Å². The van der Waals surface area contributed by atoms with E-state index in [2.05, 4.69) is 42.6 Å². The summed E-state index contributed by atoms with van der Waals surface area (Å²) in [6.07, 6.45) is 6.80. The Morgan fingerprint density at radius 1 is 1.22 bits per heavy atom. The summed E-state index contributed by atoms with van der Waals surface area (Å²) in [5.41, 5.74) is 1.38. The summed E-state index contributed by atoms with van der Waals surface area (Å²) >= 11 is 0. The summed E-state index contributed by atoms with van der Waals surface area (Å²) in [6, 6.07) is 11.7. The molecular formula is C16H25NO. The van der Waals surface area contributed by atoms with Crippen molar-refractivity contribution < 1.29 is 5.11 Å². The van der Waals surface area contributed by atoms with Gasteiger partial charge in [0.15, 0.2) is 0 Å². The van der Waals surface area contributed by atoms with Crippen LogP contribution < -0.4 is 5.32 Å². The molecule has 2 N–H and O–H groups in total. The zero-order valence-electron chi connectivity index (χ0n) is 11.3. The van der Waals surface area contributed by atoms with Gasteiger partial charge in [0, 0.05) is 12.1 Å². The fourth-order valence-electron chi connectivity index (χ4n) is 2.64. The fourth-order valence-corrected chi connectivity index (χ4v) is 2.64. The molecule has 1 unspecified atom stereocenters. The van der Waals surface area contributed by atoms with Crippen molar-refractivity contribution in [3.05, 3.63) is 35.9 Å². The highest BCUT2D eigenvalue weighted by Crippen LogP contribution is 2.26. The van der Waals surface area contributed by atoms with Gasteiger partial charge in [-0.25, -0.2) is 0 Å². The third kappa shape index (κ3) is 3.82.